The molecule has 0 heterocycles. The Kier molecular flexibility index (Phi) is 30.6. The smallest absolute Gasteiger partial charge is 0.303 e. The van der Waals surface area contributed by atoms with Crippen LogP contribution < -0.4 is 0 Å². The van der Waals surface area contributed by atoms with Crippen LogP contribution in [0.3, 0.4) is 0 Å². The molecule has 0 aliphatic carbocycles. The molecule has 4 heteroatoms. The highest BCUT2D eigenvalue weighted by atomic mass is 16.4. The van der Waals surface area contributed by atoms with Crippen molar-refractivity contribution in [1.29, 1.82) is 0 Å². The summed E-state index contributed by atoms with van der Waals surface area (Å²) in [6.45, 7) is 4.58. The van der Waals surface area contributed by atoms with Crippen molar-refractivity contribution in [3.05, 3.63) is 11.6 Å². The van der Waals surface area contributed by atoms with Crippen LogP contribution in [0, 0.1) is 5.92 Å². The minimum absolute atomic E-state index is 0.313. The molecule has 0 amide bonds. The van der Waals surface area contributed by atoms with Crippen LogP contribution in [0.5, 0.6) is 0 Å². The van der Waals surface area contributed by atoms with Crippen LogP contribution in [0.4, 0.5) is 0 Å². The fraction of sp³-hybridized carbons (Fsp3) is 0.892. The Morgan fingerprint density at radius 2 is 0.805 bits per heavy atom. The van der Waals surface area contributed by atoms with Gasteiger partial charge in [-0.05, 0) is 57.3 Å². The lowest BCUT2D eigenvalue weighted by Crippen LogP contribution is -2.06. The monoisotopic (exact) mass is 579 g/mol. The number of allylic oxidation sites excluding steroid dienone is 2. The summed E-state index contributed by atoms with van der Waals surface area (Å²) in [6, 6.07) is 0. The molecule has 0 saturated heterocycles. The van der Waals surface area contributed by atoms with Crippen molar-refractivity contribution in [1.82, 2.24) is 0 Å². The summed E-state index contributed by atoms with van der Waals surface area (Å²) in [6.07, 6.45) is 38.4. The number of unbranched alkanes of at least 4 members (excludes halogenated alkanes) is 21. The normalized spacial score (nSPS) is 12.6. The second-order valence-corrected chi connectivity index (χ2v) is 12.7. The highest BCUT2D eigenvalue weighted by molar-refractivity contribution is 5.66. The molecule has 0 bridgehead atoms. The van der Waals surface area contributed by atoms with Crippen molar-refractivity contribution in [2.24, 2.45) is 5.92 Å². The Balaban J connectivity index is 4.85. The van der Waals surface area contributed by atoms with Crippen molar-refractivity contribution in [2.45, 2.75) is 206 Å². The van der Waals surface area contributed by atoms with Crippen LogP contribution in [0.2, 0.25) is 0 Å². The van der Waals surface area contributed by atoms with Gasteiger partial charge >= 0.3 is 11.9 Å². The first-order valence-electron chi connectivity index (χ1n) is 18.1. The highest BCUT2D eigenvalue weighted by Gasteiger charge is 2.14. The van der Waals surface area contributed by atoms with Crippen LogP contribution in [-0.2, 0) is 9.59 Å². The average molecular weight is 579 g/mol. The molecule has 0 radical (unpaired) electrons. The van der Waals surface area contributed by atoms with Gasteiger partial charge in [-0.3, -0.25) is 9.59 Å². The van der Waals surface area contributed by atoms with Gasteiger partial charge in [-0.2, -0.15) is 0 Å². The Bertz CT molecular complexity index is 612. The second kappa shape index (κ2) is 31.6. The quantitative estimate of drug-likeness (QED) is 0.0600. The van der Waals surface area contributed by atoms with Gasteiger partial charge in [0.25, 0.3) is 0 Å². The molecule has 0 aromatic heterocycles. The van der Waals surface area contributed by atoms with Crippen LogP contribution >= 0.6 is 0 Å². The van der Waals surface area contributed by atoms with E-state index in [1.54, 1.807) is 5.57 Å². The summed E-state index contributed by atoms with van der Waals surface area (Å²) in [5, 5.41) is 17.7. The van der Waals surface area contributed by atoms with Crippen molar-refractivity contribution in [3.63, 3.8) is 0 Å². The van der Waals surface area contributed by atoms with E-state index in [2.05, 4.69) is 19.9 Å². The number of carboxylic acids is 2. The van der Waals surface area contributed by atoms with Gasteiger partial charge < -0.3 is 10.2 Å². The van der Waals surface area contributed by atoms with Gasteiger partial charge in [-0.25, -0.2) is 0 Å². The molecule has 0 spiro atoms. The third kappa shape index (κ3) is 30.0. The maximum atomic E-state index is 10.7. The van der Waals surface area contributed by atoms with E-state index < -0.39 is 11.9 Å². The van der Waals surface area contributed by atoms with E-state index in [1.807, 2.05) is 0 Å². The van der Waals surface area contributed by atoms with E-state index in [0.717, 1.165) is 38.0 Å². The first kappa shape index (κ1) is 39.7. The molecule has 0 aromatic rings. The largest absolute Gasteiger partial charge is 0.481 e. The fourth-order valence-corrected chi connectivity index (χ4v) is 6.06. The number of rotatable bonds is 33. The minimum atomic E-state index is -0.667. The van der Waals surface area contributed by atoms with Crippen molar-refractivity contribution >= 4 is 11.9 Å². The summed E-state index contributed by atoms with van der Waals surface area (Å²) < 4.78 is 0. The van der Waals surface area contributed by atoms with E-state index in [1.165, 1.54) is 148 Å². The predicted molar refractivity (Wildman–Crippen MR) is 177 cm³/mol. The molecule has 1 atom stereocenters. The highest BCUT2D eigenvalue weighted by Crippen LogP contribution is 2.30. The number of aliphatic carboxylic acids is 2. The van der Waals surface area contributed by atoms with Gasteiger partial charge in [0.15, 0.2) is 0 Å². The van der Waals surface area contributed by atoms with Gasteiger partial charge in [0, 0.05) is 12.8 Å². The van der Waals surface area contributed by atoms with Gasteiger partial charge in [-0.1, -0.05) is 154 Å². The molecule has 0 saturated carbocycles. The Hall–Kier alpha value is -1.32. The molecule has 0 fully saturated rings. The molecule has 0 aromatic carbocycles. The number of carbonyl (C=O) groups is 2. The van der Waals surface area contributed by atoms with E-state index in [-0.39, 0.29) is 0 Å². The molecule has 242 valence electrons. The SMILES string of the molecule is CCCCCCCC/C=C(/CCCCCCCCC(=O)O)C(CCCCCCCC)CCCCCCCCC(=O)O. The van der Waals surface area contributed by atoms with E-state index in [0.29, 0.717) is 12.8 Å². The minimum Gasteiger partial charge on any atom is -0.481 e. The lowest BCUT2D eigenvalue weighted by atomic mass is 9.84. The topological polar surface area (TPSA) is 74.6 Å². The van der Waals surface area contributed by atoms with Gasteiger partial charge in [0.1, 0.15) is 0 Å². The van der Waals surface area contributed by atoms with Crippen LogP contribution in [0.25, 0.3) is 0 Å². The molecule has 2 N–H and O–H groups in total. The van der Waals surface area contributed by atoms with Crippen LogP contribution in [0.15, 0.2) is 11.6 Å². The number of hydrogen-bond acceptors (Lipinski definition) is 2. The van der Waals surface area contributed by atoms with Gasteiger partial charge in [0.05, 0.1) is 0 Å². The zero-order valence-corrected chi connectivity index (χ0v) is 27.6. The molecule has 4 nitrogen and oxygen atoms in total. The van der Waals surface area contributed by atoms with Crippen molar-refractivity contribution < 1.29 is 19.8 Å². The standard InChI is InChI=1S/C37H70O4/c1-3-5-7-9-11-17-23-29-35(31-25-19-13-15-21-27-33-37(40)41)34(28-22-16-10-8-6-4-2)30-24-18-12-14-20-26-32-36(38)39/h29,34H,3-28,30-33H2,1-2H3,(H,38,39)(H,40,41)/b35-29-. The third-order valence-electron chi connectivity index (χ3n) is 8.69. The molecule has 1 unspecified atom stereocenters. The zero-order valence-electron chi connectivity index (χ0n) is 27.6. The first-order valence-corrected chi connectivity index (χ1v) is 18.1. The van der Waals surface area contributed by atoms with Crippen molar-refractivity contribution in [2.75, 3.05) is 0 Å². The molecule has 0 aliphatic rings. The summed E-state index contributed by atoms with van der Waals surface area (Å²) in [5.41, 5.74) is 1.75. The lowest BCUT2D eigenvalue weighted by Gasteiger charge is -2.22. The fourth-order valence-electron chi connectivity index (χ4n) is 6.06. The van der Waals surface area contributed by atoms with Crippen molar-refractivity contribution in [3.8, 4) is 0 Å². The number of hydrogen-bond donors (Lipinski definition) is 2. The second-order valence-electron chi connectivity index (χ2n) is 12.7. The molecule has 0 aliphatic heterocycles. The molecular formula is C37H70O4. The Morgan fingerprint density at radius 1 is 0.463 bits per heavy atom. The van der Waals surface area contributed by atoms with Crippen LogP contribution in [-0.4, -0.2) is 22.2 Å². The maximum Gasteiger partial charge on any atom is 0.303 e. The Labute approximate surface area is 255 Å². The average Bonchev–Trinajstić information content (AvgIpc) is 2.94. The maximum absolute atomic E-state index is 10.7. The number of carboxylic acid groups (broad SMARTS) is 2. The zero-order chi connectivity index (χ0) is 30.2. The summed E-state index contributed by atoms with van der Waals surface area (Å²) in [5.74, 6) is -0.593. The molecule has 41 heavy (non-hydrogen) atoms. The molecular weight excluding hydrogens is 508 g/mol. The lowest BCUT2D eigenvalue weighted by molar-refractivity contribution is -0.138. The Morgan fingerprint density at radius 3 is 1.22 bits per heavy atom. The van der Waals surface area contributed by atoms with E-state index >= 15 is 0 Å². The predicted octanol–water partition coefficient (Wildman–Crippen LogP) is 12.4. The van der Waals surface area contributed by atoms with E-state index in [9.17, 15) is 9.59 Å². The van der Waals surface area contributed by atoms with Gasteiger partial charge in [0.2, 0.25) is 0 Å². The molecule has 0 rings (SSSR count). The van der Waals surface area contributed by atoms with Crippen LogP contribution in [0.1, 0.15) is 206 Å². The van der Waals surface area contributed by atoms with E-state index in [4.69, 9.17) is 10.2 Å². The van der Waals surface area contributed by atoms with Gasteiger partial charge in [-0.15, -0.1) is 0 Å². The summed E-state index contributed by atoms with van der Waals surface area (Å²) >= 11 is 0. The summed E-state index contributed by atoms with van der Waals surface area (Å²) in [7, 11) is 0. The summed E-state index contributed by atoms with van der Waals surface area (Å²) in [4.78, 5) is 21.5. The third-order valence-corrected chi connectivity index (χ3v) is 8.69. The first-order chi connectivity index (χ1) is 20.0.